The normalized spacial score (nSPS) is 19.8. The summed E-state index contributed by atoms with van der Waals surface area (Å²) in [6, 6.07) is 0. The Bertz CT molecular complexity index is 291. The van der Waals surface area contributed by atoms with Gasteiger partial charge in [-0.15, -0.1) is 0 Å². The van der Waals surface area contributed by atoms with Gasteiger partial charge in [0.15, 0.2) is 0 Å². The summed E-state index contributed by atoms with van der Waals surface area (Å²) in [5, 5.41) is 12.9. The molecule has 0 spiro atoms. The summed E-state index contributed by atoms with van der Waals surface area (Å²) in [4.78, 5) is 4.21. The lowest BCUT2D eigenvalue weighted by Crippen LogP contribution is -2.59. The van der Waals surface area contributed by atoms with Gasteiger partial charge in [0.25, 0.3) is 0 Å². The molecule has 1 saturated heterocycles. The zero-order valence-electron chi connectivity index (χ0n) is 7.82. The number of hydrogen-bond acceptors (Lipinski definition) is 3. The van der Waals surface area contributed by atoms with Gasteiger partial charge in [0.1, 0.15) is 5.82 Å². The van der Waals surface area contributed by atoms with Crippen LogP contribution in [-0.4, -0.2) is 33.3 Å². The first-order valence-corrected chi connectivity index (χ1v) is 4.59. The Hall–Kier alpha value is -0.870. The quantitative estimate of drug-likeness (QED) is 0.672. The standard InChI is InChI=1S/C9H15N3O/c1-12-5-4-11-8(12)2-3-9(13)6-10-7-9/h4-5,10,13H,2-3,6-7H2,1H3. The molecule has 0 unspecified atom stereocenters. The minimum Gasteiger partial charge on any atom is -0.387 e. The van der Waals surface area contributed by atoms with E-state index < -0.39 is 5.60 Å². The van der Waals surface area contributed by atoms with Crippen molar-refractivity contribution in [1.82, 2.24) is 14.9 Å². The van der Waals surface area contributed by atoms with E-state index in [2.05, 4.69) is 10.3 Å². The number of β-amino-alcohol motifs (C(OH)–C–C–N with tert-alkyl or cyclic N) is 1. The molecule has 13 heavy (non-hydrogen) atoms. The third-order valence-electron chi connectivity index (χ3n) is 2.64. The summed E-state index contributed by atoms with van der Waals surface area (Å²) in [5.74, 6) is 1.04. The number of aliphatic hydroxyl groups is 1. The van der Waals surface area contributed by atoms with Crippen LogP contribution in [0.2, 0.25) is 0 Å². The number of nitrogens with zero attached hydrogens (tertiary/aromatic N) is 2. The van der Waals surface area contributed by atoms with E-state index in [-0.39, 0.29) is 0 Å². The van der Waals surface area contributed by atoms with Gasteiger partial charge in [0.2, 0.25) is 0 Å². The third kappa shape index (κ3) is 1.73. The second-order valence-electron chi connectivity index (χ2n) is 3.78. The van der Waals surface area contributed by atoms with Crippen LogP contribution in [0.25, 0.3) is 0 Å². The molecule has 1 fully saturated rings. The topological polar surface area (TPSA) is 50.1 Å². The molecule has 1 aliphatic heterocycles. The van der Waals surface area contributed by atoms with E-state index in [1.54, 1.807) is 6.20 Å². The molecule has 0 aliphatic carbocycles. The fourth-order valence-corrected chi connectivity index (χ4v) is 1.57. The van der Waals surface area contributed by atoms with Gasteiger partial charge in [0, 0.05) is 39.0 Å². The maximum absolute atomic E-state index is 9.80. The number of imidazole rings is 1. The molecule has 0 saturated carbocycles. The average Bonchev–Trinajstić information content (AvgIpc) is 2.44. The number of aromatic nitrogens is 2. The monoisotopic (exact) mass is 181 g/mol. The van der Waals surface area contributed by atoms with Gasteiger partial charge in [-0.3, -0.25) is 0 Å². The Balaban J connectivity index is 1.89. The van der Waals surface area contributed by atoms with E-state index >= 15 is 0 Å². The summed E-state index contributed by atoms with van der Waals surface area (Å²) >= 11 is 0. The molecular weight excluding hydrogens is 166 g/mol. The van der Waals surface area contributed by atoms with Gasteiger partial charge in [-0.2, -0.15) is 0 Å². The largest absolute Gasteiger partial charge is 0.387 e. The van der Waals surface area contributed by atoms with Gasteiger partial charge in [-0.1, -0.05) is 0 Å². The van der Waals surface area contributed by atoms with Crippen LogP contribution in [0, 0.1) is 0 Å². The summed E-state index contributed by atoms with van der Waals surface area (Å²) in [6.45, 7) is 1.44. The highest BCUT2D eigenvalue weighted by atomic mass is 16.3. The third-order valence-corrected chi connectivity index (χ3v) is 2.64. The lowest BCUT2D eigenvalue weighted by Gasteiger charge is -2.37. The second kappa shape index (κ2) is 3.12. The summed E-state index contributed by atoms with van der Waals surface area (Å²) < 4.78 is 2.00. The van der Waals surface area contributed by atoms with Gasteiger partial charge in [-0.25, -0.2) is 4.98 Å². The Kier molecular flexibility index (Phi) is 2.09. The molecule has 0 radical (unpaired) electrons. The van der Waals surface area contributed by atoms with Crippen molar-refractivity contribution in [3.05, 3.63) is 18.2 Å². The predicted octanol–water partition coefficient (Wildman–Crippen LogP) is -0.313. The van der Waals surface area contributed by atoms with Crippen molar-refractivity contribution < 1.29 is 5.11 Å². The van der Waals surface area contributed by atoms with E-state index in [1.165, 1.54) is 0 Å². The molecule has 0 aromatic carbocycles. The second-order valence-corrected chi connectivity index (χ2v) is 3.78. The number of hydrogen-bond donors (Lipinski definition) is 2. The highest BCUT2D eigenvalue weighted by Crippen LogP contribution is 2.17. The summed E-state index contributed by atoms with van der Waals surface area (Å²) in [5.41, 5.74) is -0.480. The Labute approximate surface area is 77.6 Å². The summed E-state index contributed by atoms with van der Waals surface area (Å²) in [6.07, 6.45) is 5.36. The van der Waals surface area contributed by atoms with Crippen molar-refractivity contribution in [2.24, 2.45) is 7.05 Å². The maximum atomic E-state index is 9.80. The molecule has 4 nitrogen and oxygen atoms in total. The minimum atomic E-state index is -0.480. The Morgan fingerprint density at radius 3 is 2.92 bits per heavy atom. The Morgan fingerprint density at radius 1 is 1.69 bits per heavy atom. The molecular formula is C9H15N3O. The first kappa shape index (κ1) is 8.72. The molecule has 4 heteroatoms. The molecule has 0 atom stereocenters. The van der Waals surface area contributed by atoms with Crippen LogP contribution in [0.15, 0.2) is 12.4 Å². The van der Waals surface area contributed by atoms with Crippen molar-refractivity contribution >= 4 is 0 Å². The van der Waals surface area contributed by atoms with Crippen LogP contribution in [0.3, 0.4) is 0 Å². The molecule has 0 amide bonds. The van der Waals surface area contributed by atoms with Crippen molar-refractivity contribution in [1.29, 1.82) is 0 Å². The number of rotatable bonds is 3. The van der Waals surface area contributed by atoms with Gasteiger partial charge < -0.3 is 15.0 Å². The lowest BCUT2D eigenvalue weighted by atomic mass is 9.91. The molecule has 1 aliphatic rings. The number of nitrogens with one attached hydrogen (secondary N) is 1. The highest BCUT2D eigenvalue weighted by molar-refractivity contribution is 4.98. The summed E-state index contributed by atoms with van der Waals surface area (Å²) in [7, 11) is 1.98. The Morgan fingerprint density at radius 2 is 2.46 bits per heavy atom. The minimum absolute atomic E-state index is 0.480. The van der Waals surface area contributed by atoms with Crippen LogP contribution in [0.4, 0.5) is 0 Å². The van der Waals surface area contributed by atoms with Crippen molar-refractivity contribution in [3.63, 3.8) is 0 Å². The molecule has 2 heterocycles. The zero-order chi connectivity index (χ0) is 9.31. The van der Waals surface area contributed by atoms with Crippen LogP contribution in [0.5, 0.6) is 0 Å². The van der Waals surface area contributed by atoms with Crippen molar-refractivity contribution in [2.75, 3.05) is 13.1 Å². The zero-order valence-corrected chi connectivity index (χ0v) is 7.82. The van der Waals surface area contributed by atoms with Gasteiger partial charge >= 0.3 is 0 Å². The number of aryl methyl sites for hydroxylation is 2. The predicted molar refractivity (Wildman–Crippen MR) is 49.3 cm³/mol. The fraction of sp³-hybridized carbons (Fsp3) is 0.667. The van der Waals surface area contributed by atoms with E-state index in [9.17, 15) is 5.11 Å². The van der Waals surface area contributed by atoms with Crippen LogP contribution >= 0.6 is 0 Å². The molecule has 72 valence electrons. The SMILES string of the molecule is Cn1ccnc1CCC1(O)CNC1. The molecule has 0 bridgehead atoms. The van der Waals surface area contributed by atoms with E-state index in [1.807, 2.05) is 17.8 Å². The van der Waals surface area contributed by atoms with Gasteiger partial charge in [-0.05, 0) is 6.42 Å². The fourth-order valence-electron chi connectivity index (χ4n) is 1.57. The molecule has 1 aromatic rings. The highest BCUT2D eigenvalue weighted by Gasteiger charge is 2.33. The lowest BCUT2D eigenvalue weighted by molar-refractivity contribution is -0.0172. The maximum Gasteiger partial charge on any atom is 0.108 e. The first-order chi connectivity index (χ1) is 6.20. The smallest absolute Gasteiger partial charge is 0.108 e. The van der Waals surface area contributed by atoms with E-state index in [0.717, 1.165) is 31.8 Å². The average molecular weight is 181 g/mol. The van der Waals surface area contributed by atoms with Crippen molar-refractivity contribution in [2.45, 2.75) is 18.4 Å². The van der Waals surface area contributed by atoms with Crippen LogP contribution in [-0.2, 0) is 13.5 Å². The van der Waals surface area contributed by atoms with Crippen LogP contribution in [0.1, 0.15) is 12.2 Å². The van der Waals surface area contributed by atoms with E-state index in [4.69, 9.17) is 0 Å². The molecule has 2 N–H and O–H groups in total. The van der Waals surface area contributed by atoms with Crippen LogP contribution < -0.4 is 5.32 Å². The molecule has 2 rings (SSSR count). The molecule has 1 aromatic heterocycles. The van der Waals surface area contributed by atoms with Crippen molar-refractivity contribution in [3.8, 4) is 0 Å². The first-order valence-electron chi connectivity index (χ1n) is 4.59. The van der Waals surface area contributed by atoms with E-state index in [0.29, 0.717) is 0 Å². The van der Waals surface area contributed by atoms with Gasteiger partial charge in [0.05, 0.1) is 5.60 Å².